The van der Waals surface area contributed by atoms with Crippen LogP contribution in [0, 0.1) is 13.8 Å². The molecule has 6 aromatic carbocycles. The van der Waals surface area contributed by atoms with Crippen molar-refractivity contribution < 1.29 is 48.6 Å². The Balaban J connectivity index is 1.23. The second-order valence-corrected chi connectivity index (χ2v) is 13.5. The number of nitrogens with one attached hydrogen (secondary N) is 1. The zero-order valence-corrected chi connectivity index (χ0v) is 33.1. The molecule has 4 N–H and O–H groups in total. The van der Waals surface area contributed by atoms with Crippen LogP contribution in [0.15, 0.2) is 138 Å². The van der Waals surface area contributed by atoms with E-state index in [0.717, 1.165) is 34.7 Å². The smallest absolute Gasteiger partial charge is 0.152 e. The lowest BCUT2D eigenvalue weighted by atomic mass is 10.1. The number of aryl methyl sites for hydroxylation is 2. The number of aromatic hydroxyl groups is 1. The van der Waals surface area contributed by atoms with E-state index in [9.17, 15) is 5.11 Å². The summed E-state index contributed by atoms with van der Waals surface area (Å²) in [6.07, 6.45) is 0. The first-order chi connectivity index (χ1) is 28.2. The SMILES string of the molecule is COc1ccc(Nc2ccc3c(O)c(N=Nc4cc(C)c(N=Nc5cc(C)c(N=Nc6ccc(SOOO)cc6)cc5OC)cc4OC)c(SOOO)cc3c2)cc1. The standard InChI is InChI=1S/C39H35N7O10S2/c1-22-16-33(35(51-4)20-31(22)42-41-26-8-13-29(14-9-26)57-55-53-48)44-43-32-21-36(52-5)34(17-23(32)2)45-46-38-37(58-56-54-49)19-24-18-27(10-15-30(24)39(38)47)40-25-6-11-28(50-3)12-7-25/h6-21,40,47-49H,1-5H3. The zero-order chi connectivity index (χ0) is 41.0. The van der Waals surface area contributed by atoms with Crippen molar-refractivity contribution in [2.45, 2.75) is 23.6 Å². The highest BCUT2D eigenvalue weighted by Gasteiger charge is 2.17. The van der Waals surface area contributed by atoms with E-state index < -0.39 is 0 Å². The summed E-state index contributed by atoms with van der Waals surface area (Å²) in [5.41, 5.74) is 5.60. The van der Waals surface area contributed by atoms with Crippen LogP contribution in [0.2, 0.25) is 0 Å². The molecule has 0 bridgehead atoms. The lowest BCUT2D eigenvalue weighted by molar-refractivity contribution is -0.432. The van der Waals surface area contributed by atoms with Crippen molar-refractivity contribution in [3.63, 3.8) is 0 Å². The normalized spacial score (nSPS) is 11.6. The maximum Gasteiger partial charge on any atom is 0.152 e. The average Bonchev–Trinajstić information content (AvgIpc) is 3.24. The Morgan fingerprint density at radius 1 is 0.552 bits per heavy atom. The quantitative estimate of drug-likeness (QED) is 0.0292. The van der Waals surface area contributed by atoms with Crippen LogP contribution in [-0.2, 0) is 18.7 Å². The minimum atomic E-state index is -0.172. The van der Waals surface area contributed by atoms with Gasteiger partial charge < -0.3 is 24.6 Å². The number of hydrogen-bond acceptors (Lipinski definition) is 19. The molecule has 0 aliphatic rings. The molecule has 0 heterocycles. The van der Waals surface area contributed by atoms with E-state index in [2.05, 4.69) is 50.4 Å². The van der Waals surface area contributed by atoms with Gasteiger partial charge in [0.2, 0.25) is 0 Å². The van der Waals surface area contributed by atoms with Crippen molar-refractivity contribution in [1.82, 2.24) is 0 Å². The van der Waals surface area contributed by atoms with Gasteiger partial charge in [-0.1, -0.05) is 10.1 Å². The molecule has 58 heavy (non-hydrogen) atoms. The minimum Gasteiger partial charge on any atom is -0.505 e. The van der Waals surface area contributed by atoms with Crippen molar-refractivity contribution in [3.8, 4) is 23.0 Å². The number of methoxy groups -OCH3 is 3. The Bertz CT molecular complexity index is 2470. The molecule has 0 aromatic heterocycles. The maximum atomic E-state index is 11.4. The van der Waals surface area contributed by atoms with Crippen LogP contribution in [0.4, 0.5) is 45.5 Å². The molecule has 0 unspecified atom stereocenters. The predicted molar refractivity (Wildman–Crippen MR) is 218 cm³/mol. The molecule has 0 aliphatic heterocycles. The second kappa shape index (κ2) is 19.8. The van der Waals surface area contributed by atoms with Crippen molar-refractivity contribution in [1.29, 1.82) is 0 Å². The van der Waals surface area contributed by atoms with Gasteiger partial charge in [0.15, 0.2) is 5.75 Å². The zero-order valence-electron chi connectivity index (χ0n) is 31.4. The third-order valence-electron chi connectivity index (χ3n) is 8.37. The molecule has 17 nitrogen and oxygen atoms in total. The van der Waals surface area contributed by atoms with Crippen LogP contribution in [0.5, 0.6) is 23.0 Å². The maximum absolute atomic E-state index is 11.4. The van der Waals surface area contributed by atoms with Gasteiger partial charge in [-0.15, -0.1) is 24.0 Å². The Labute approximate surface area is 340 Å². The number of hydrogen-bond donors (Lipinski definition) is 4. The summed E-state index contributed by atoms with van der Waals surface area (Å²) < 4.78 is 25.6. The number of benzene rings is 6. The van der Waals surface area contributed by atoms with E-state index in [4.69, 9.17) is 29.1 Å². The number of anilines is 2. The van der Waals surface area contributed by atoms with Crippen molar-refractivity contribution >= 4 is 80.4 Å². The minimum absolute atomic E-state index is 0.0659. The number of phenolic OH excluding ortho intramolecular Hbond substituents is 1. The summed E-state index contributed by atoms with van der Waals surface area (Å²) >= 11 is 1.48. The summed E-state index contributed by atoms with van der Waals surface area (Å²) in [6, 6.07) is 28.4. The molecular formula is C39H35N7O10S2. The number of nitrogens with zero attached hydrogens (tertiary/aromatic N) is 6. The van der Waals surface area contributed by atoms with Crippen LogP contribution >= 0.6 is 24.1 Å². The third kappa shape index (κ3) is 10.2. The topological polar surface area (TPSA) is 211 Å². The number of azo groups is 3. The van der Waals surface area contributed by atoms with E-state index >= 15 is 0 Å². The van der Waals surface area contributed by atoms with Crippen LogP contribution in [-0.4, -0.2) is 37.0 Å². The van der Waals surface area contributed by atoms with Crippen molar-refractivity contribution in [3.05, 3.63) is 108 Å². The lowest BCUT2D eigenvalue weighted by Gasteiger charge is -2.12. The van der Waals surface area contributed by atoms with Crippen LogP contribution in [0.25, 0.3) is 10.8 Å². The molecular weight excluding hydrogens is 791 g/mol. The molecule has 0 spiro atoms. The molecule has 0 fully saturated rings. The third-order valence-corrected chi connectivity index (χ3v) is 9.59. The Morgan fingerprint density at radius 3 is 1.72 bits per heavy atom. The largest absolute Gasteiger partial charge is 0.505 e. The molecule has 0 atom stereocenters. The van der Waals surface area contributed by atoms with Crippen molar-refractivity contribution in [2.24, 2.45) is 30.7 Å². The monoisotopic (exact) mass is 825 g/mol. The highest BCUT2D eigenvalue weighted by molar-refractivity contribution is 7.94. The Kier molecular flexibility index (Phi) is 14.2. The first-order valence-electron chi connectivity index (χ1n) is 17.0. The molecule has 19 heteroatoms. The summed E-state index contributed by atoms with van der Waals surface area (Å²) in [5.74, 6) is 1.32. The molecule has 6 aromatic rings. The Hall–Kier alpha value is -6.16. The van der Waals surface area contributed by atoms with E-state index in [1.54, 1.807) is 67.8 Å². The van der Waals surface area contributed by atoms with E-state index in [-0.39, 0.29) is 11.4 Å². The number of fused-ring (bicyclic) bond motifs is 1. The number of ether oxygens (including phenoxy) is 3. The van der Waals surface area contributed by atoms with E-state index in [1.807, 2.05) is 50.2 Å². The van der Waals surface area contributed by atoms with Gasteiger partial charge in [0.25, 0.3) is 0 Å². The fourth-order valence-corrected chi connectivity index (χ4v) is 6.30. The molecule has 0 aliphatic carbocycles. The van der Waals surface area contributed by atoms with Gasteiger partial charge in [-0.05, 0) is 115 Å². The summed E-state index contributed by atoms with van der Waals surface area (Å²) in [5, 5.41) is 66.9. The van der Waals surface area contributed by atoms with E-state index in [0.29, 0.717) is 78.1 Å². The molecule has 0 radical (unpaired) electrons. The van der Waals surface area contributed by atoms with Crippen molar-refractivity contribution in [2.75, 3.05) is 26.6 Å². The molecule has 0 saturated carbocycles. The Morgan fingerprint density at radius 2 is 1.12 bits per heavy atom. The number of rotatable bonds is 17. The van der Waals surface area contributed by atoms with Crippen LogP contribution in [0.1, 0.15) is 11.1 Å². The lowest BCUT2D eigenvalue weighted by Crippen LogP contribution is -1.91. The number of phenols is 1. The highest BCUT2D eigenvalue weighted by atomic mass is 32.2. The molecule has 0 saturated heterocycles. The van der Waals surface area contributed by atoms with E-state index in [1.165, 1.54) is 14.2 Å². The van der Waals surface area contributed by atoms with Gasteiger partial charge in [0.1, 0.15) is 34.3 Å². The van der Waals surface area contributed by atoms with Gasteiger partial charge in [-0.3, -0.25) is 0 Å². The highest BCUT2D eigenvalue weighted by Crippen LogP contribution is 2.46. The average molecular weight is 826 g/mol. The molecule has 0 amide bonds. The summed E-state index contributed by atoms with van der Waals surface area (Å²) in [7, 11) is 4.61. The predicted octanol–water partition coefficient (Wildman–Crippen LogP) is 13.0. The molecule has 6 rings (SSSR count). The molecule has 298 valence electrons. The summed E-state index contributed by atoms with van der Waals surface area (Å²) in [4.78, 5) is 0.995. The second-order valence-electron chi connectivity index (χ2n) is 12.0. The van der Waals surface area contributed by atoms with Gasteiger partial charge in [-0.2, -0.15) is 15.3 Å². The fraction of sp³-hybridized carbons (Fsp3) is 0.128. The van der Waals surface area contributed by atoms with Gasteiger partial charge in [0.05, 0.1) is 67.4 Å². The van der Waals surface area contributed by atoms with Gasteiger partial charge in [0, 0.05) is 33.8 Å². The van der Waals surface area contributed by atoms with Gasteiger partial charge in [-0.25, -0.2) is 10.5 Å². The van der Waals surface area contributed by atoms with Gasteiger partial charge >= 0.3 is 0 Å². The fourth-order valence-electron chi connectivity index (χ4n) is 5.45. The van der Waals surface area contributed by atoms with Crippen LogP contribution in [0.3, 0.4) is 0 Å². The first-order valence-corrected chi connectivity index (χ1v) is 18.4. The summed E-state index contributed by atoms with van der Waals surface area (Å²) in [6.45, 7) is 3.70. The van der Waals surface area contributed by atoms with Crippen LogP contribution < -0.4 is 19.5 Å². The first kappa shape index (κ1) is 41.5.